The Labute approximate surface area is 180 Å². The van der Waals surface area contributed by atoms with Crippen LogP contribution in [0.5, 0.6) is 0 Å². The van der Waals surface area contributed by atoms with Crippen molar-refractivity contribution in [1.82, 2.24) is 0 Å². The summed E-state index contributed by atoms with van der Waals surface area (Å²) in [7, 11) is -5.00. The standard InChI is InChI=1S/C26H36Si3/c1-19-17-21-13-9-11-15-23(21)25(19)29(27(3,4)5,28(6,7)8)26-20(2)18-22-14-10-12-16-24(22)26/h9-16H,17-18H2,1-8H3. The molecule has 0 N–H and O–H groups in total. The van der Waals surface area contributed by atoms with Crippen LogP contribution in [-0.2, 0) is 12.8 Å². The quantitative estimate of drug-likeness (QED) is 0.441. The van der Waals surface area contributed by atoms with Crippen LogP contribution in [0.3, 0.4) is 0 Å². The maximum Gasteiger partial charge on any atom is 0.105 e. The summed E-state index contributed by atoms with van der Waals surface area (Å²) < 4.78 is 0. The fourth-order valence-electron chi connectivity index (χ4n) is 6.84. The smallest absolute Gasteiger partial charge is 0.0711 e. The number of hydrogen-bond donors (Lipinski definition) is 0. The molecule has 29 heavy (non-hydrogen) atoms. The molecule has 4 rings (SSSR count). The molecule has 0 bridgehead atoms. The largest absolute Gasteiger partial charge is 0.105 e. The second kappa shape index (κ2) is 6.79. The predicted molar refractivity (Wildman–Crippen MR) is 138 cm³/mol. The fourth-order valence-corrected chi connectivity index (χ4v) is 55.3. The maximum absolute atomic E-state index is 2.69. The van der Waals surface area contributed by atoms with Crippen LogP contribution >= 0.6 is 0 Å². The van der Waals surface area contributed by atoms with E-state index in [0.717, 1.165) is 12.8 Å². The maximum atomic E-state index is 2.69. The van der Waals surface area contributed by atoms with Gasteiger partial charge in [-0.2, -0.15) is 0 Å². The summed E-state index contributed by atoms with van der Waals surface area (Å²) in [6, 6.07) is 18.7. The van der Waals surface area contributed by atoms with Gasteiger partial charge in [0.25, 0.3) is 0 Å². The third kappa shape index (κ3) is 2.88. The molecule has 0 nitrogen and oxygen atoms in total. The van der Waals surface area contributed by atoms with Crippen molar-refractivity contribution < 1.29 is 0 Å². The molecule has 2 aromatic rings. The van der Waals surface area contributed by atoms with E-state index in [1.54, 1.807) is 33.4 Å². The zero-order valence-corrected chi connectivity index (χ0v) is 22.5. The summed E-state index contributed by atoms with van der Waals surface area (Å²) in [4.78, 5) is 0. The van der Waals surface area contributed by atoms with Crippen molar-refractivity contribution in [2.75, 3.05) is 0 Å². The monoisotopic (exact) mass is 432 g/mol. The molecule has 0 unspecified atom stereocenters. The van der Waals surface area contributed by atoms with Gasteiger partial charge in [0.05, 0.1) is 0 Å². The number of allylic oxidation sites excluding steroid dienone is 2. The first-order chi connectivity index (χ1) is 13.5. The molecule has 0 atom stereocenters. The Kier molecular flexibility index (Phi) is 4.88. The number of fused-ring (bicyclic) bond motifs is 2. The van der Waals surface area contributed by atoms with Gasteiger partial charge >= 0.3 is 0 Å². The molecule has 0 aliphatic heterocycles. The van der Waals surface area contributed by atoms with Gasteiger partial charge in [-0.05, 0) is 48.9 Å². The summed E-state index contributed by atoms with van der Waals surface area (Å²) in [6.07, 6.45) is 2.31. The Morgan fingerprint density at radius 1 is 0.552 bits per heavy atom. The van der Waals surface area contributed by atoms with E-state index in [9.17, 15) is 0 Å². The number of rotatable bonds is 4. The molecule has 2 aromatic carbocycles. The van der Waals surface area contributed by atoms with Crippen LogP contribution < -0.4 is 0 Å². The summed E-state index contributed by atoms with van der Waals surface area (Å²) in [5, 5.41) is 3.69. The average Bonchev–Trinajstić information content (AvgIpc) is 3.11. The Hall–Kier alpha value is -1.43. The SMILES string of the molecule is CC1=C([Si](C2=C(C)Cc3ccccc32)([Si](C)(C)C)[Si](C)(C)C)c2ccccc2C1. The average molecular weight is 433 g/mol. The highest BCUT2D eigenvalue weighted by Crippen LogP contribution is 2.55. The lowest BCUT2D eigenvalue weighted by molar-refractivity contribution is 1.19. The lowest BCUT2D eigenvalue weighted by Gasteiger charge is -2.53. The molecule has 0 spiro atoms. The highest BCUT2D eigenvalue weighted by molar-refractivity contribution is 7.79. The molecule has 2 aliphatic carbocycles. The van der Waals surface area contributed by atoms with Crippen LogP contribution in [0.2, 0.25) is 39.3 Å². The molecule has 0 fully saturated rings. The molecule has 0 heterocycles. The van der Waals surface area contributed by atoms with Gasteiger partial charge in [-0.25, -0.2) is 0 Å². The Bertz CT molecular complexity index is 957. The minimum absolute atomic E-state index is 1.16. The number of benzene rings is 2. The van der Waals surface area contributed by atoms with Gasteiger partial charge in [-0.3, -0.25) is 0 Å². The molecule has 3 heteroatoms. The van der Waals surface area contributed by atoms with Crippen LogP contribution in [0, 0.1) is 0 Å². The van der Waals surface area contributed by atoms with Crippen molar-refractivity contribution >= 4 is 32.7 Å². The van der Waals surface area contributed by atoms with E-state index in [1.165, 1.54) is 0 Å². The van der Waals surface area contributed by atoms with E-state index in [2.05, 4.69) is 102 Å². The van der Waals surface area contributed by atoms with Crippen molar-refractivity contribution in [3.05, 3.63) is 81.9 Å². The highest BCUT2D eigenvalue weighted by atomic mass is 29.6. The fraction of sp³-hybridized carbons (Fsp3) is 0.385. The minimum Gasteiger partial charge on any atom is -0.0711 e. The van der Waals surface area contributed by atoms with Gasteiger partial charge in [0, 0.05) is 15.2 Å². The molecule has 152 valence electrons. The van der Waals surface area contributed by atoms with Gasteiger partial charge in [0.2, 0.25) is 0 Å². The van der Waals surface area contributed by atoms with E-state index in [0.29, 0.717) is 0 Å². The van der Waals surface area contributed by atoms with E-state index in [1.807, 2.05) is 10.4 Å². The normalized spacial score (nSPS) is 17.1. The Morgan fingerprint density at radius 3 is 1.24 bits per heavy atom. The van der Waals surface area contributed by atoms with Gasteiger partial charge in [0.15, 0.2) is 0 Å². The lowest BCUT2D eigenvalue weighted by Crippen LogP contribution is -2.73. The summed E-state index contributed by atoms with van der Waals surface area (Å²) >= 11 is 0. The first-order valence-electron chi connectivity index (χ1n) is 11.1. The zero-order valence-electron chi connectivity index (χ0n) is 19.5. The molecule has 0 aromatic heterocycles. The van der Waals surface area contributed by atoms with Gasteiger partial charge in [-0.15, -0.1) is 0 Å². The van der Waals surface area contributed by atoms with Crippen molar-refractivity contribution in [2.24, 2.45) is 0 Å². The second-order valence-electron chi connectivity index (χ2n) is 11.2. The van der Waals surface area contributed by atoms with Crippen molar-refractivity contribution in [2.45, 2.75) is 66.0 Å². The summed E-state index contributed by atoms with van der Waals surface area (Å²) in [5.41, 5.74) is 9.69. The van der Waals surface area contributed by atoms with Gasteiger partial charge < -0.3 is 0 Å². The molecule has 0 radical (unpaired) electrons. The third-order valence-corrected chi connectivity index (χ3v) is 44.7. The molecule has 0 saturated carbocycles. The highest BCUT2D eigenvalue weighted by Gasteiger charge is 2.61. The Morgan fingerprint density at radius 2 is 0.897 bits per heavy atom. The Balaban J connectivity index is 2.15. The van der Waals surface area contributed by atoms with E-state index >= 15 is 0 Å². The van der Waals surface area contributed by atoms with Crippen LogP contribution in [0.1, 0.15) is 36.1 Å². The van der Waals surface area contributed by atoms with Crippen LogP contribution in [-0.4, -0.2) is 22.3 Å². The van der Waals surface area contributed by atoms with E-state index in [-0.39, 0.29) is 0 Å². The minimum atomic E-state index is -1.92. The first-order valence-corrected chi connectivity index (χ1v) is 22.1. The third-order valence-electron chi connectivity index (χ3n) is 7.34. The molecular formula is C26H36Si3. The molecule has 0 amide bonds. The van der Waals surface area contributed by atoms with Gasteiger partial charge in [0.1, 0.15) is 7.11 Å². The van der Waals surface area contributed by atoms with Crippen LogP contribution in [0.4, 0.5) is 0 Å². The predicted octanol–water partition coefficient (Wildman–Crippen LogP) is 7.41. The van der Waals surface area contributed by atoms with Crippen LogP contribution in [0.25, 0.3) is 10.4 Å². The van der Waals surface area contributed by atoms with E-state index in [4.69, 9.17) is 0 Å². The molecular weight excluding hydrogens is 397 g/mol. The van der Waals surface area contributed by atoms with Crippen molar-refractivity contribution in [3.8, 4) is 0 Å². The van der Waals surface area contributed by atoms with Crippen molar-refractivity contribution in [3.63, 3.8) is 0 Å². The molecule has 2 aliphatic rings. The van der Waals surface area contributed by atoms with Crippen LogP contribution in [0.15, 0.2) is 59.7 Å². The molecule has 0 saturated heterocycles. The topological polar surface area (TPSA) is 0 Å². The number of hydrogen-bond acceptors (Lipinski definition) is 0. The first kappa shape index (κ1) is 20.8. The lowest BCUT2D eigenvalue weighted by atomic mass is 10.1. The zero-order chi connectivity index (χ0) is 21.2. The van der Waals surface area contributed by atoms with Gasteiger partial charge in [-0.1, -0.05) is 109 Å². The second-order valence-corrected chi connectivity index (χ2v) is 37.7. The summed E-state index contributed by atoms with van der Waals surface area (Å²) in [5.74, 6) is 0. The van der Waals surface area contributed by atoms with Crippen molar-refractivity contribution in [1.29, 1.82) is 0 Å². The summed E-state index contributed by atoms with van der Waals surface area (Å²) in [6.45, 7) is 21.1. The van der Waals surface area contributed by atoms with E-state index < -0.39 is 22.3 Å².